The van der Waals surface area contributed by atoms with E-state index < -0.39 is 0 Å². The van der Waals surface area contributed by atoms with Crippen molar-refractivity contribution in [3.63, 3.8) is 0 Å². The molecule has 0 aliphatic heterocycles. The van der Waals surface area contributed by atoms with Crippen LogP contribution in [-0.4, -0.2) is 20.8 Å². The number of nitrogens with zero attached hydrogens (tertiary/aromatic N) is 3. The van der Waals surface area contributed by atoms with Crippen molar-refractivity contribution in [3.05, 3.63) is 51.9 Å². The van der Waals surface area contributed by atoms with Gasteiger partial charge in [0, 0.05) is 29.2 Å². The van der Waals surface area contributed by atoms with Crippen LogP contribution >= 0.6 is 23.4 Å². The van der Waals surface area contributed by atoms with E-state index in [0.717, 1.165) is 10.9 Å². The van der Waals surface area contributed by atoms with E-state index in [2.05, 4.69) is 9.97 Å². The molecule has 2 heterocycles. The van der Waals surface area contributed by atoms with Gasteiger partial charge in [-0.25, -0.2) is 9.97 Å². The van der Waals surface area contributed by atoms with Crippen molar-refractivity contribution < 1.29 is 0 Å². The summed E-state index contributed by atoms with van der Waals surface area (Å²) in [4.78, 5) is 21.2. The highest BCUT2D eigenvalue weighted by molar-refractivity contribution is 7.98. The Morgan fingerprint density at radius 1 is 1.24 bits per heavy atom. The van der Waals surface area contributed by atoms with Gasteiger partial charge < -0.3 is 0 Å². The molecule has 6 heteroatoms. The maximum absolute atomic E-state index is 12.5. The first kappa shape index (κ1) is 14.1. The molecular weight excluding hydrogens is 306 g/mol. The molecule has 0 fully saturated rings. The van der Waals surface area contributed by atoms with Gasteiger partial charge in [-0.1, -0.05) is 35.5 Å². The largest absolute Gasteiger partial charge is 0.295 e. The SMILES string of the molecule is CSc1ncc2cc(-c3ccc(Cl)cc3)c(=O)n(C)c2n1. The average molecular weight is 318 g/mol. The van der Waals surface area contributed by atoms with Crippen LogP contribution in [0.15, 0.2) is 46.5 Å². The first-order valence-corrected chi connectivity index (χ1v) is 7.87. The lowest BCUT2D eigenvalue weighted by atomic mass is 10.1. The van der Waals surface area contributed by atoms with E-state index >= 15 is 0 Å². The maximum Gasteiger partial charge on any atom is 0.259 e. The molecule has 3 aromatic rings. The predicted octanol–water partition coefficient (Wildman–Crippen LogP) is 3.37. The van der Waals surface area contributed by atoms with E-state index in [4.69, 9.17) is 11.6 Å². The Labute approximate surface area is 130 Å². The topological polar surface area (TPSA) is 47.8 Å². The van der Waals surface area contributed by atoms with E-state index in [1.807, 2.05) is 24.5 Å². The van der Waals surface area contributed by atoms with Gasteiger partial charge in [0.2, 0.25) is 0 Å². The van der Waals surface area contributed by atoms with Crippen molar-refractivity contribution in [2.75, 3.05) is 6.26 Å². The summed E-state index contributed by atoms with van der Waals surface area (Å²) in [5.41, 5.74) is 1.99. The summed E-state index contributed by atoms with van der Waals surface area (Å²) in [6.45, 7) is 0. The average Bonchev–Trinajstić information content (AvgIpc) is 2.51. The van der Waals surface area contributed by atoms with Crippen molar-refractivity contribution in [2.45, 2.75) is 5.16 Å². The smallest absolute Gasteiger partial charge is 0.259 e. The maximum atomic E-state index is 12.5. The Bertz CT molecular complexity index is 874. The van der Waals surface area contributed by atoms with Gasteiger partial charge in [0.25, 0.3) is 5.56 Å². The first-order valence-electron chi connectivity index (χ1n) is 6.27. The minimum absolute atomic E-state index is 0.0874. The van der Waals surface area contributed by atoms with E-state index in [9.17, 15) is 4.79 Å². The molecule has 0 aliphatic rings. The van der Waals surface area contributed by atoms with Crippen LogP contribution in [0.4, 0.5) is 0 Å². The molecule has 2 aromatic heterocycles. The van der Waals surface area contributed by atoms with Crippen LogP contribution in [0, 0.1) is 0 Å². The van der Waals surface area contributed by atoms with Crippen LogP contribution in [0.5, 0.6) is 0 Å². The number of hydrogen-bond donors (Lipinski definition) is 0. The Kier molecular flexibility index (Phi) is 3.69. The summed E-state index contributed by atoms with van der Waals surface area (Å²) >= 11 is 7.34. The molecule has 1 aromatic carbocycles. The van der Waals surface area contributed by atoms with Crippen LogP contribution in [0.3, 0.4) is 0 Å². The Hall–Kier alpha value is -1.85. The number of halogens is 1. The molecule has 0 saturated heterocycles. The summed E-state index contributed by atoms with van der Waals surface area (Å²) in [6, 6.07) is 9.04. The van der Waals surface area contributed by atoms with Gasteiger partial charge in [-0.05, 0) is 30.0 Å². The summed E-state index contributed by atoms with van der Waals surface area (Å²) in [7, 11) is 1.72. The molecule has 4 nitrogen and oxygen atoms in total. The number of hydrogen-bond acceptors (Lipinski definition) is 4. The van der Waals surface area contributed by atoms with Crippen molar-refractivity contribution in [2.24, 2.45) is 7.05 Å². The minimum Gasteiger partial charge on any atom is -0.295 e. The van der Waals surface area contributed by atoms with Gasteiger partial charge in [0.05, 0.1) is 0 Å². The third-order valence-corrected chi connectivity index (χ3v) is 4.08. The molecule has 0 unspecified atom stereocenters. The third kappa shape index (κ3) is 2.54. The van der Waals surface area contributed by atoms with Gasteiger partial charge >= 0.3 is 0 Å². The number of benzene rings is 1. The Balaban J connectivity index is 2.28. The predicted molar refractivity (Wildman–Crippen MR) is 87.0 cm³/mol. The van der Waals surface area contributed by atoms with E-state index in [0.29, 0.717) is 21.4 Å². The second-order valence-corrected chi connectivity index (χ2v) is 5.77. The molecule has 106 valence electrons. The lowest BCUT2D eigenvalue weighted by Crippen LogP contribution is -2.20. The number of aryl methyl sites for hydroxylation is 1. The van der Waals surface area contributed by atoms with Crippen LogP contribution < -0.4 is 5.56 Å². The quantitative estimate of drug-likeness (QED) is 0.537. The fraction of sp³-hybridized carbons (Fsp3) is 0.133. The fourth-order valence-electron chi connectivity index (χ4n) is 2.17. The normalized spacial score (nSPS) is 11.0. The van der Waals surface area contributed by atoms with Crippen molar-refractivity contribution in [3.8, 4) is 11.1 Å². The standard InChI is InChI=1S/C15H12ClN3OS/c1-19-13-10(8-17-15(18-13)21-2)7-12(14(19)20)9-3-5-11(16)6-4-9/h3-8H,1-2H3. The highest BCUT2D eigenvalue weighted by atomic mass is 35.5. The second kappa shape index (κ2) is 5.50. The number of aromatic nitrogens is 3. The van der Waals surface area contributed by atoms with Gasteiger partial charge in [-0.2, -0.15) is 0 Å². The number of fused-ring (bicyclic) bond motifs is 1. The molecule has 0 atom stereocenters. The summed E-state index contributed by atoms with van der Waals surface area (Å²) in [6.07, 6.45) is 3.65. The third-order valence-electron chi connectivity index (χ3n) is 3.26. The lowest BCUT2D eigenvalue weighted by Gasteiger charge is -2.08. The van der Waals surface area contributed by atoms with E-state index in [-0.39, 0.29) is 5.56 Å². The molecule has 0 aliphatic carbocycles. The highest BCUT2D eigenvalue weighted by Crippen LogP contribution is 2.22. The van der Waals surface area contributed by atoms with Crippen molar-refractivity contribution in [1.29, 1.82) is 0 Å². The molecule has 3 rings (SSSR count). The van der Waals surface area contributed by atoms with E-state index in [1.165, 1.54) is 11.8 Å². The molecule has 0 saturated carbocycles. The van der Waals surface area contributed by atoms with Gasteiger partial charge in [-0.15, -0.1) is 0 Å². The zero-order valence-electron chi connectivity index (χ0n) is 11.5. The number of thioether (sulfide) groups is 1. The molecule has 0 radical (unpaired) electrons. The molecule has 21 heavy (non-hydrogen) atoms. The molecule has 0 N–H and O–H groups in total. The summed E-state index contributed by atoms with van der Waals surface area (Å²) in [5, 5.41) is 2.13. The Morgan fingerprint density at radius 3 is 2.62 bits per heavy atom. The number of pyridine rings is 1. The minimum atomic E-state index is -0.0874. The summed E-state index contributed by atoms with van der Waals surface area (Å²) < 4.78 is 1.56. The zero-order chi connectivity index (χ0) is 15.0. The van der Waals surface area contributed by atoms with Crippen LogP contribution in [-0.2, 0) is 7.05 Å². The molecular formula is C15H12ClN3OS. The van der Waals surface area contributed by atoms with Crippen LogP contribution in [0.2, 0.25) is 5.02 Å². The van der Waals surface area contributed by atoms with E-state index in [1.54, 1.807) is 29.9 Å². The number of rotatable bonds is 2. The van der Waals surface area contributed by atoms with Crippen molar-refractivity contribution >= 4 is 34.4 Å². The van der Waals surface area contributed by atoms with Crippen LogP contribution in [0.25, 0.3) is 22.2 Å². The first-order chi connectivity index (χ1) is 10.1. The van der Waals surface area contributed by atoms with Gasteiger partial charge in [0.15, 0.2) is 5.16 Å². The van der Waals surface area contributed by atoms with Crippen molar-refractivity contribution in [1.82, 2.24) is 14.5 Å². The zero-order valence-corrected chi connectivity index (χ0v) is 13.1. The monoisotopic (exact) mass is 317 g/mol. The highest BCUT2D eigenvalue weighted by Gasteiger charge is 2.10. The molecule has 0 amide bonds. The Morgan fingerprint density at radius 2 is 1.95 bits per heavy atom. The second-order valence-electron chi connectivity index (χ2n) is 4.56. The fourth-order valence-corrected chi connectivity index (χ4v) is 2.63. The molecule has 0 bridgehead atoms. The lowest BCUT2D eigenvalue weighted by molar-refractivity contribution is 0.861. The van der Waals surface area contributed by atoms with Gasteiger partial charge in [-0.3, -0.25) is 9.36 Å². The summed E-state index contributed by atoms with van der Waals surface area (Å²) in [5.74, 6) is 0. The van der Waals surface area contributed by atoms with Gasteiger partial charge in [0.1, 0.15) is 5.65 Å². The van der Waals surface area contributed by atoms with Crippen LogP contribution in [0.1, 0.15) is 0 Å². The molecule has 0 spiro atoms.